The van der Waals surface area contributed by atoms with Crippen molar-refractivity contribution in [2.75, 3.05) is 18.9 Å². The topological polar surface area (TPSA) is 88.1 Å². The van der Waals surface area contributed by atoms with Crippen LogP contribution in [0.2, 0.25) is 0 Å². The minimum absolute atomic E-state index is 0.0470. The lowest BCUT2D eigenvalue weighted by atomic mass is 9.90. The lowest BCUT2D eigenvalue weighted by Crippen LogP contribution is -2.23. The molecule has 25 heavy (non-hydrogen) atoms. The van der Waals surface area contributed by atoms with Gasteiger partial charge in [0.25, 0.3) is 0 Å². The summed E-state index contributed by atoms with van der Waals surface area (Å²) in [4.78, 5) is 12.6. The number of fused-ring (bicyclic) bond motifs is 1. The van der Waals surface area contributed by atoms with Crippen LogP contribution >= 0.6 is 0 Å². The largest absolute Gasteiger partial charge is 0.382 e. The third-order valence-electron chi connectivity index (χ3n) is 4.55. The van der Waals surface area contributed by atoms with Gasteiger partial charge in [0.05, 0.1) is 26.1 Å². The highest BCUT2D eigenvalue weighted by atomic mass is 16.5. The highest BCUT2D eigenvalue weighted by molar-refractivity contribution is 5.81. The Morgan fingerprint density at radius 3 is 2.96 bits per heavy atom. The molecule has 1 aliphatic rings. The second kappa shape index (κ2) is 6.42. The van der Waals surface area contributed by atoms with Gasteiger partial charge in [-0.3, -0.25) is 4.57 Å². The van der Waals surface area contributed by atoms with Crippen LogP contribution in [0.5, 0.6) is 0 Å². The van der Waals surface area contributed by atoms with Gasteiger partial charge < -0.3 is 15.2 Å². The van der Waals surface area contributed by atoms with Gasteiger partial charge in [0.15, 0.2) is 11.5 Å². The van der Waals surface area contributed by atoms with E-state index in [0.29, 0.717) is 36.8 Å². The first kappa shape index (κ1) is 16.0. The van der Waals surface area contributed by atoms with Crippen LogP contribution in [0.1, 0.15) is 25.1 Å². The van der Waals surface area contributed by atoms with Crippen molar-refractivity contribution in [3.63, 3.8) is 0 Å². The van der Waals surface area contributed by atoms with Crippen LogP contribution in [0.25, 0.3) is 11.2 Å². The third-order valence-corrected chi connectivity index (χ3v) is 4.55. The summed E-state index contributed by atoms with van der Waals surface area (Å²) in [7, 11) is 0. The summed E-state index contributed by atoms with van der Waals surface area (Å²) in [5.74, 6) is 0.385. The Kier molecular flexibility index (Phi) is 4.10. The molecule has 0 unspecified atom stereocenters. The number of hydrogen-bond acceptors (Lipinski definition) is 6. The zero-order chi connectivity index (χ0) is 17.3. The summed E-state index contributed by atoms with van der Waals surface area (Å²) < 4.78 is 13.9. The van der Waals surface area contributed by atoms with Gasteiger partial charge >= 0.3 is 0 Å². The molecule has 0 amide bonds. The van der Waals surface area contributed by atoms with Crippen molar-refractivity contribution in [2.24, 2.45) is 5.41 Å². The molecule has 0 bridgehead atoms. The lowest BCUT2D eigenvalue weighted by Gasteiger charge is -2.21. The van der Waals surface area contributed by atoms with Gasteiger partial charge in [-0.05, 0) is 5.56 Å². The van der Waals surface area contributed by atoms with Crippen LogP contribution in [-0.2, 0) is 16.1 Å². The third kappa shape index (κ3) is 3.20. The number of anilines is 1. The van der Waals surface area contributed by atoms with E-state index in [4.69, 9.17) is 15.2 Å². The van der Waals surface area contributed by atoms with E-state index in [2.05, 4.69) is 34.0 Å². The summed E-state index contributed by atoms with van der Waals surface area (Å²) in [5.41, 5.74) is 8.30. The number of imidazole rings is 1. The molecule has 7 nitrogen and oxygen atoms in total. The molecule has 0 radical (unpaired) electrons. The predicted molar refractivity (Wildman–Crippen MR) is 93.5 cm³/mol. The Morgan fingerprint density at radius 1 is 1.28 bits per heavy atom. The van der Waals surface area contributed by atoms with Crippen molar-refractivity contribution in [1.29, 1.82) is 0 Å². The molecule has 2 atom stereocenters. The fourth-order valence-corrected chi connectivity index (χ4v) is 3.19. The molecule has 0 aliphatic carbocycles. The van der Waals surface area contributed by atoms with Crippen molar-refractivity contribution in [1.82, 2.24) is 19.5 Å². The molecule has 1 saturated heterocycles. The number of rotatable bonds is 5. The van der Waals surface area contributed by atoms with Gasteiger partial charge in [-0.15, -0.1) is 0 Å². The number of nitrogen functional groups attached to an aromatic ring is 1. The van der Waals surface area contributed by atoms with E-state index in [1.54, 1.807) is 6.33 Å². The van der Waals surface area contributed by atoms with Gasteiger partial charge in [0, 0.05) is 11.8 Å². The Hall–Kier alpha value is -2.51. The van der Waals surface area contributed by atoms with Crippen molar-refractivity contribution in [3.05, 3.63) is 48.5 Å². The van der Waals surface area contributed by atoms with E-state index in [9.17, 15) is 0 Å². The van der Waals surface area contributed by atoms with Crippen molar-refractivity contribution in [3.8, 4) is 0 Å². The number of ether oxygens (including phenoxy) is 2. The van der Waals surface area contributed by atoms with Crippen molar-refractivity contribution >= 4 is 17.0 Å². The Morgan fingerprint density at radius 2 is 2.12 bits per heavy atom. The molecule has 0 spiro atoms. The monoisotopic (exact) mass is 339 g/mol. The van der Waals surface area contributed by atoms with E-state index >= 15 is 0 Å². The molecular formula is C18H21N5O2. The number of nitrogens with two attached hydrogens (primary N) is 1. The summed E-state index contributed by atoms with van der Waals surface area (Å²) in [6.07, 6.45) is 3.88. The number of benzene rings is 1. The first-order valence-corrected chi connectivity index (χ1v) is 8.31. The van der Waals surface area contributed by atoms with Crippen LogP contribution in [-0.4, -0.2) is 32.7 Å². The molecule has 0 saturated carbocycles. The van der Waals surface area contributed by atoms with Gasteiger partial charge in [-0.25, -0.2) is 15.0 Å². The van der Waals surface area contributed by atoms with Gasteiger partial charge in [0.2, 0.25) is 0 Å². The second-order valence-electron chi connectivity index (χ2n) is 6.84. The van der Waals surface area contributed by atoms with Crippen LogP contribution in [0.3, 0.4) is 0 Å². The van der Waals surface area contributed by atoms with Gasteiger partial charge in [0.1, 0.15) is 18.1 Å². The lowest BCUT2D eigenvalue weighted by molar-refractivity contribution is 0.0232. The van der Waals surface area contributed by atoms with Crippen molar-refractivity contribution in [2.45, 2.75) is 26.2 Å². The molecule has 3 aromatic rings. The summed E-state index contributed by atoms with van der Waals surface area (Å²) in [6, 6.07) is 10.2. The van der Waals surface area contributed by atoms with E-state index < -0.39 is 0 Å². The van der Waals surface area contributed by atoms with Gasteiger partial charge in [-0.2, -0.15) is 0 Å². The average molecular weight is 339 g/mol. The predicted octanol–water partition coefficient (Wildman–Crippen LogP) is 2.55. The number of aromatic nitrogens is 4. The standard InChI is InChI=1S/C18H21N5O2/c1-18(9-24-8-13-5-3-2-4-6-13)7-14(25-10-18)23-12-22-15-16(19)20-11-21-17(15)23/h2-6,11-12,14H,7-10H2,1H3,(H2,19,20,21)/t14-,18+/m0/s1. The molecule has 2 N–H and O–H groups in total. The molecule has 1 fully saturated rings. The Labute approximate surface area is 145 Å². The molecule has 2 aromatic heterocycles. The molecule has 1 aliphatic heterocycles. The molecule has 7 heteroatoms. The van der Waals surface area contributed by atoms with E-state index in [0.717, 1.165) is 6.42 Å². The number of nitrogens with zero attached hydrogens (tertiary/aromatic N) is 4. The summed E-state index contributed by atoms with van der Waals surface area (Å²) in [5, 5.41) is 0. The molecule has 130 valence electrons. The highest BCUT2D eigenvalue weighted by Crippen LogP contribution is 2.39. The van der Waals surface area contributed by atoms with Gasteiger partial charge in [-0.1, -0.05) is 37.3 Å². The quantitative estimate of drug-likeness (QED) is 0.768. The summed E-state index contributed by atoms with van der Waals surface area (Å²) >= 11 is 0. The minimum Gasteiger partial charge on any atom is -0.382 e. The normalized spacial score (nSPS) is 23.3. The zero-order valence-corrected chi connectivity index (χ0v) is 14.1. The summed E-state index contributed by atoms with van der Waals surface area (Å²) in [6.45, 7) is 4.06. The maximum Gasteiger partial charge on any atom is 0.167 e. The Bertz CT molecular complexity index is 866. The van der Waals surface area contributed by atoms with E-state index in [-0.39, 0.29) is 11.6 Å². The van der Waals surface area contributed by atoms with Crippen LogP contribution in [0, 0.1) is 5.41 Å². The maximum atomic E-state index is 6.01. The molecular weight excluding hydrogens is 318 g/mol. The Balaban J connectivity index is 1.42. The molecule has 1 aromatic carbocycles. The minimum atomic E-state index is -0.121. The first-order valence-electron chi connectivity index (χ1n) is 8.31. The number of hydrogen-bond donors (Lipinski definition) is 1. The zero-order valence-electron chi connectivity index (χ0n) is 14.1. The average Bonchev–Trinajstić information content (AvgIpc) is 3.21. The van der Waals surface area contributed by atoms with E-state index in [1.165, 1.54) is 11.9 Å². The van der Waals surface area contributed by atoms with Crippen LogP contribution in [0.4, 0.5) is 5.82 Å². The van der Waals surface area contributed by atoms with E-state index in [1.807, 2.05) is 22.8 Å². The molecule has 4 rings (SSSR count). The molecule has 3 heterocycles. The fraction of sp³-hybridized carbons (Fsp3) is 0.389. The SMILES string of the molecule is C[C@@]1(COCc2ccccc2)CO[C@H](n2cnc3c(N)ncnc32)C1. The van der Waals surface area contributed by atoms with Crippen molar-refractivity contribution < 1.29 is 9.47 Å². The fourth-order valence-electron chi connectivity index (χ4n) is 3.19. The first-order chi connectivity index (χ1) is 12.1. The highest BCUT2D eigenvalue weighted by Gasteiger charge is 2.38. The second-order valence-corrected chi connectivity index (χ2v) is 6.84. The smallest absolute Gasteiger partial charge is 0.167 e. The van der Waals surface area contributed by atoms with Crippen LogP contribution in [0.15, 0.2) is 43.0 Å². The van der Waals surface area contributed by atoms with Crippen LogP contribution < -0.4 is 5.73 Å². The maximum absolute atomic E-state index is 6.01.